The monoisotopic (exact) mass is 437 g/mol. The molecule has 0 aromatic heterocycles. The summed E-state index contributed by atoms with van der Waals surface area (Å²) in [5.41, 5.74) is 3.87. The van der Waals surface area contributed by atoms with E-state index >= 15 is 0 Å². The number of nitrogens with one attached hydrogen (secondary N) is 2. The van der Waals surface area contributed by atoms with Crippen LogP contribution < -0.4 is 15.4 Å². The molecule has 0 bridgehead atoms. The van der Waals surface area contributed by atoms with Crippen LogP contribution >= 0.6 is 0 Å². The minimum atomic E-state index is -0.606. The van der Waals surface area contributed by atoms with Gasteiger partial charge in [0.2, 0.25) is 0 Å². The lowest BCUT2D eigenvalue weighted by molar-refractivity contribution is -0.123. The maximum atomic E-state index is 12.4. The van der Waals surface area contributed by atoms with Gasteiger partial charge in [0.25, 0.3) is 5.91 Å². The van der Waals surface area contributed by atoms with Gasteiger partial charge in [-0.25, -0.2) is 0 Å². The fourth-order valence-electron chi connectivity index (χ4n) is 4.89. The van der Waals surface area contributed by atoms with E-state index in [9.17, 15) is 9.90 Å². The van der Waals surface area contributed by atoms with E-state index in [0.717, 1.165) is 50.2 Å². The van der Waals surface area contributed by atoms with Crippen LogP contribution in [-0.4, -0.2) is 60.8 Å². The zero-order chi connectivity index (χ0) is 22.3. The summed E-state index contributed by atoms with van der Waals surface area (Å²) in [6, 6.07) is 16.8. The van der Waals surface area contributed by atoms with Crippen LogP contribution in [0.15, 0.2) is 48.5 Å². The van der Waals surface area contributed by atoms with E-state index in [1.807, 2.05) is 18.2 Å². The average Bonchev–Trinajstić information content (AvgIpc) is 2.82. The Morgan fingerprint density at radius 2 is 2.00 bits per heavy atom. The lowest BCUT2D eigenvalue weighted by atomic mass is 9.85. The Morgan fingerprint density at radius 1 is 1.22 bits per heavy atom. The summed E-state index contributed by atoms with van der Waals surface area (Å²) in [4.78, 5) is 14.6. The van der Waals surface area contributed by atoms with Crippen LogP contribution in [0.4, 0.5) is 0 Å². The molecule has 1 fully saturated rings. The largest absolute Gasteiger partial charge is 0.483 e. The highest BCUT2D eigenvalue weighted by atomic mass is 16.5. The Labute approximate surface area is 191 Å². The number of β-amino-alcohol motifs (C(OH)–C–C–N with tert-alkyl or cyclic N) is 1. The lowest BCUT2D eigenvalue weighted by Crippen LogP contribution is -2.43. The Kier molecular flexibility index (Phi) is 7.79. The molecule has 6 heteroatoms. The minimum Gasteiger partial charge on any atom is -0.483 e. The standard InChI is InChI=1S/C26H35N3O3/c1-19-23(10-6-13-27-19)24-9-4-5-11-25(24)32-18-26(31)28-15-22(30)17-29-14-12-20-7-2-3-8-21(20)16-29/h2-5,7-9,11,19,22-23,27,30H,6,10,12-18H2,1H3,(H,28,31). The van der Waals surface area contributed by atoms with Crippen LogP contribution in [0.3, 0.4) is 0 Å². The lowest BCUT2D eigenvalue weighted by Gasteiger charge is -2.31. The Morgan fingerprint density at radius 3 is 2.84 bits per heavy atom. The Bertz CT molecular complexity index is 903. The van der Waals surface area contributed by atoms with Crippen molar-refractivity contribution in [1.29, 1.82) is 0 Å². The van der Waals surface area contributed by atoms with Gasteiger partial charge in [0.1, 0.15) is 5.75 Å². The molecule has 3 atom stereocenters. The Balaban J connectivity index is 1.22. The topological polar surface area (TPSA) is 73.8 Å². The zero-order valence-corrected chi connectivity index (χ0v) is 18.9. The molecule has 0 saturated carbocycles. The van der Waals surface area contributed by atoms with Crippen molar-refractivity contribution in [2.75, 3.05) is 32.8 Å². The van der Waals surface area contributed by atoms with Gasteiger partial charge in [-0.3, -0.25) is 9.69 Å². The average molecular weight is 438 g/mol. The number of rotatable bonds is 8. The molecule has 1 saturated heterocycles. The van der Waals surface area contributed by atoms with E-state index in [0.29, 0.717) is 18.5 Å². The third-order valence-corrected chi connectivity index (χ3v) is 6.65. The number of benzene rings is 2. The van der Waals surface area contributed by atoms with Crippen molar-refractivity contribution in [3.8, 4) is 5.75 Å². The van der Waals surface area contributed by atoms with Crippen LogP contribution in [0, 0.1) is 0 Å². The van der Waals surface area contributed by atoms with Crippen molar-refractivity contribution in [2.45, 2.75) is 50.8 Å². The molecule has 0 aliphatic carbocycles. The number of hydrogen-bond donors (Lipinski definition) is 3. The third kappa shape index (κ3) is 5.88. The molecule has 2 heterocycles. The van der Waals surface area contributed by atoms with E-state index in [1.54, 1.807) is 0 Å². The number of piperidine rings is 1. The molecule has 3 unspecified atom stereocenters. The summed E-state index contributed by atoms with van der Waals surface area (Å²) in [7, 11) is 0. The summed E-state index contributed by atoms with van der Waals surface area (Å²) in [5.74, 6) is 0.952. The Hall–Kier alpha value is -2.41. The van der Waals surface area contributed by atoms with Crippen LogP contribution in [0.25, 0.3) is 0 Å². The number of nitrogens with zero attached hydrogens (tertiary/aromatic N) is 1. The maximum absolute atomic E-state index is 12.4. The second-order valence-electron chi connectivity index (χ2n) is 9.03. The molecule has 4 rings (SSSR count). The van der Waals surface area contributed by atoms with E-state index in [4.69, 9.17) is 4.74 Å². The molecule has 0 spiro atoms. The first kappa shape index (κ1) is 22.8. The molecule has 2 aliphatic rings. The molecular weight excluding hydrogens is 402 g/mol. The summed E-state index contributed by atoms with van der Waals surface area (Å²) in [6.45, 7) is 5.75. The van der Waals surface area contributed by atoms with Gasteiger partial charge in [0.05, 0.1) is 6.10 Å². The van der Waals surface area contributed by atoms with Crippen LogP contribution in [0.5, 0.6) is 5.75 Å². The highest BCUT2D eigenvalue weighted by Gasteiger charge is 2.25. The molecule has 32 heavy (non-hydrogen) atoms. The van der Waals surface area contributed by atoms with E-state index in [2.05, 4.69) is 52.8 Å². The minimum absolute atomic E-state index is 0.0463. The number of hydrogen-bond acceptors (Lipinski definition) is 5. The van der Waals surface area contributed by atoms with E-state index < -0.39 is 6.10 Å². The number of aliphatic hydroxyl groups excluding tert-OH is 1. The fraction of sp³-hybridized carbons (Fsp3) is 0.500. The third-order valence-electron chi connectivity index (χ3n) is 6.65. The molecule has 172 valence electrons. The molecule has 2 aliphatic heterocycles. The number of fused-ring (bicyclic) bond motifs is 1. The van der Waals surface area contributed by atoms with E-state index in [-0.39, 0.29) is 19.1 Å². The first-order chi connectivity index (χ1) is 15.6. The van der Waals surface area contributed by atoms with Gasteiger partial charge >= 0.3 is 0 Å². The quantitative estimate of drug-likeness (QED) is 0.592. The predicted molar refractivity (Wildman–Crippen MR) is 126 cm³/mol. The first-order valence-electron chi connectivity index (χ1n) is 11.8. The first-order valence-corrected chi connectivity index (χ1v) is 11.8. The molecular formula is C26H35N3O3. The van der Waals surface area contributed by atoms with Crippen molar-refractivity contribution in [3.05, 3.63) is 65.2 Å². The molecule has 2 aromatic carbocycles. The van der Waals surface area contributed by atoms with Crippen LogP contribution in [0.2, 0.25) is 0 Å². The fourth-order valence-corrected chi connectivity index (χ4v) is 4.89. The number of carbonyl (C=O) groups is 1. The van der Waals surface area contributed by atoms with Crippen LogP contribution in [0.1, 0.15) is 42.4 Å². The smallest absolute Gasteiger partial charge is 0.258 e. The van der Waals surface area contributed by atoms with Crippen molar-refractivity contribution in [1.82, 2.24) is 15.5 Å². The predicted octanol–water partition coefficient (Wildman–Crippen LogP) is 2.46. The summed E-state index contributed by atoms with van der Waals surface area (Å²) >= 11 is 0. The summed E-state index contributed by atoms with van der Waals surface area (Å²) in [6.07, 6.45) is 2.65. The van der Waals surface area contributed by atoms with Gasteiger partial charge in [-0.15, -0.1) is 0 Å². The van der Waals surface area contributed by atoms with Crippen molar-refractivity contribution >= 4 is 5.91 Å². The molecule has 3 N–H and O–H groups in total. The second kappa shape index (κ2) is 10.9. The van der Waals surface area contributed by atoms with Crippen molar-refractivity contribution < 1.29 is 14.6 Å². The number of carbonyl (C=O) groups excluding carboxylic acids is 1. The summed E-state index contributed by atoms with van der Waals surface area (Å²) in [5, 5.41) is 16.8. The normalized spacial score (nSPS) is 22.1. The van der Waals surface area contributed by atoms with Gasteiger partial charge in [-0.1, -0.05) is 42.5 Å². The van der Waals surface area contributed by atoms with Gasteiger partial charge in [0.15, 0.2) is 6.61 Å². The molecule has 1 amide bonds. The number of aliphatic hydroxyl groups is 1. The summed E-state index contributed by atoms with van der Waals surface area (Å²) < 4.78 is 5.89. The van der Waals surface area contributed by atoms with Crippen LogP contribution in [-0.2, 0) is 17.8 Å². The molecule has 2 aromatic rings. The van der Waals surface area contributed by atoms with Gasteiger partial charge in [-0.2, -0.15) is 0 Å². The highest BCUT2D eigenvalue weighted by molar-refractivity contribution is 5.77. The van der Waals surface area contributed by atoms with Crippen molar-refractivity contribution in [2.24, 2.45) is 0 Å². The SMILES string of the molecule is CC1NCCCC1c1ccccc1OCC(=O)NCC(O)CN1CCc2ccccc2C1. The molecule has 6 nitrogen and oxygen atoms in total. The number of ether oxygens (including phenoxy) is 1. The van der Waals surface area contributed by atoms with Gasteiger partial charge in [-0.05, 0) is 55.5 Å². The maximum Gasteiger partial charge on any atom is 0.258 e. The number of amides is 1. The van der Waals surface area contributed by atoms with Gasteiger partial charge < -0.3 is 20.5 Å². The van der Waals surface area contributed by atoms with Gasteiger partial charge in [0, 0.05) is 38.1 Å². The second-order valence-corrected chi connectivity index (χ2v) is 9.03. The number of para-hydroxylation sites is 1. The zero-order valence-electron chi connectivity index (χ0n) is 18.9. The van der Waals surface area contributed by atoms with Crippen molar-refractivity contribution in [3.63, 3.8) is 0 Å². The molecule has 0 radical (unpaired) electrons. The van der Waals surface area contributed by atoms with E-state index in [1.165, 1.54) is 11.1 Å². The highest BCUT2D eigenvalue weighted by Crippen LogP contribution is 2.34.